The fourth-order valence-corrected chi connectivity index (χ4v) is 5.69. The molecule has 0 spiro atoms. The zero-order valence-electron chi connectivity index (χ0n) is 20.6. The van der Waals surface area contributed by atoms with Gasteiger partial charge in [0.2, 0.25) is 0 Å². The number of carbonyl (C=O) groups is 2. The largest absolute Gasteiger partial charge is 0.497 e. The molecule has 1 atom stereocenters. The second-order valence-electron chi connectivity index (χ2n) is 8.98. The molecule has 7 nitrogen and oxygen atoms in total. The van der Waals surface area contributed by atoms with E-state index < -0.39 is 0 Å². The van der Waals surface area contributed by atoms with E-state index in [9.17, 15) is 9.59 Å². The maximum atomic E-state index is 13.7. The number of benzene rings is 2. The highest BCUT2D eigenvalue weighted by atomic mass is 32.1. The van der Waals surface area contributed by atoms with E-state index in [1.165, 1.54) is 0 Å². The zero-order valence-corrected chi connectivity index (χ0v) is 21.5. The number of carbonyl (C=O) groups excluding carboxylic acids is 2. The number of hydrogen-bond acceptors (Lipinski definition) is 5. The lowest BCUT2D eigenvalue weighted by atomic mass is 10.1. The molecule has 5 rings (SSSR count). The molecule has 0 radical (unpaired) electrons. The van der Waals surface area contributed by atoms with Crippen LogP contribution in [0.25, 0.3) is 10.2 Å². The van der Waals surface area contributed by atoms with Gasteiger partial charge in [-0.25, -0.2) is 0 Å². The summed E-state index contributed by atoms with van der Waals surface area (Å²) in [6.45, 7) is 4.01. The molecule has 0 aliphatic carbocycles. The van der Waals surface area contributed by atoms with Gasteiger partial charge < -0.3 is 23.8 Å². The van der Waals surface area contributed by atoms with Crippen LogP contribution < -0.4 is 9.47 Å². The molecule has 1 saturated heterocycles. The Morgan fingerprint density at radius 3 is 2.44 bits per heavy atom. The number of fused-ring (bicyclic) bond motifs is 1. The van der Waals surface area contributed by atoms with Crippen molar-refractivity contribution in [1.82, 2.24) is 14.4 Å². The van der Waals surface area contributed by atoms with Gasteiger partial charge in [0, 0.05) is 43.2 Å². The molecule has 2 aromatic heterocycles. The lowest BCUT2D eigenvalue weighted by Gasteiger charge is -2.40. The van der Waals surface area contributed by atoms with Crippen LogP contribution in [0.4, 0.5) is 0 Å². The molecule has 36 heavy (non-hydrogen) atoms. The number of amides is 2. The van der Waals surface area contributed by atoms with Crippen LogP contribution in [-0.2, 0) is 6.54 Å². The van der Waals surface area contributed by atoms with Crippen LogP contribution in [-0.4, -0.2) is 66.1 Å². The fraction of sp³-hybridized carbons (Fsp3) is 0.286. The first-order chi connectivity index (χ1) is 17.5. The minimum Gasteiger partial charge on any atom is -0.497 e. The highest BCUT2D eigenvalue weighted by molar-refractivity contribution is 7.16. The molecule has 1 fully saturated rings. The maximum absolute atomic E-state index is 13.7. The Balaban J connectivity index is 1.36. The molecule has 0 N–H and O–H groups in total. The van der Waals surface area contributed by atoms with Gasteiger partial charge in [-0.2, -0.15) is 0 Å². The SMILES string of the molecule is COc1cccc(Cn2c(C(=O)N3CCN(C(=O)c4cccc(OC)c4)[C@@H](C)C3)cc3ccsc32)c1. The Labute approximate surface area is 214 Å². The Morgan fingerprint density at radius 1 is 0.944 bits per heavy atom. The molecule has 0 unspecified atom stereocenters. The molecule has 0 saturated carbocycles. The van der Waals surface area contributed by atoms with Gasteiger partial charge in [0.15, 0.2) is 0 Å². The van der Waals surface area contributed by atoms with E-state index in [0.29, 0.717) is 43.2 Å². The first kappa shape index (κ1) is 23.9. The summed E-state index contributed by atoms with van der Waals surface area (Å²) >= 11 is 1.63. The van der Waals surface area contributed by atoms with E-state index >= 15 is 0 Å². The molecule has 1 aliphatic rings. The fourth-order valence-electron chi connectivity index (χ4n) is 4.79. The Hall–Kier alpha value is -3.78. The molecule has 4 aromatic rings. The Kier molecular flexibility index (Phi) is 6.69. The maximum Gasteiger partial charge on any atom is 0.270 e. The van der Waals surface area contributed by atoms with Crippen LogP contribution in [0.3, 0.4) is 0 Å². The van der Waals surface area contributed by atoms with E-state index in [-0.39, 0.29) is 17.9 Å². The van der Waals surface area contributed by atoms with E-state index in [1.807, 2.05) is 70.6 Å². The van der Waals surface area contributed by atoms with Crippen molar-refractivity contribution in [2.75, 3.05) is 33.9 Å². The number of ether oxygens (including phenoxy) is 2. The number of aromatic nitrogens is 1. The highest BCUT2D eigenvalue weighted by Crippen LogP contribution is 2.28. The van der Waals surface area contributed by atoms with E-state index in [1.54, 1.807) is 37.7 Å². The number of rotatable bonds is 6. The summed E-state index contributed by atoms with van der Waals surface area (Å²) in [4.78, 5) is 31.7. The number of hydrogen-bond donors (Lipinski definition) is 0. The van der Waals surface area contributed by atoms with Crippen LogP contribution in [0.2, 0.25) is 0 Å². The summed E-state index contributed by atoms with van der Waals surface area (Å²) < 4.78 is 12.7. The van der Waals surface area contributed by atoms with Crippen molar-refractivity contribution in [2.45, 2.75) is 19.5 Å². The Morgan fingerprint density at radius 2 is 1.69 bits per heavy atom. The molecule has 2 amide bonds. The second-order valence-corrected chi connectivity index (χ2v) is 9.87. The van der Waals surface area contributed by atoms with Crippen molar-refractivity contribution in [2.24, 2.45) is 0 Å². The average molecular weight is 504 g/mol. The summed E-state index contributed by atoms with van der Waals surface area (Å²) in [5.41, 5.74) is 2.32. The van der Waals surface area contributed by atoms with Gasteiger partial charge in [-0.15, -0.1) is 11.3 Å². The third-order valence-electron chi connectivity index (χ3n) is 6.69. The van der Waals surface area contributed by atoms with Crippen LogP contribution in [0, 0.1) is 0 Å². The van der Waals surface area contributed by atoms with Crippen LogP contribution in [0.1, 0.15) is 33.3 Å². The topological polar surface area (TPSA) is 64.0 Å². The molecule has 186 valence electrons. The van der Waals surface area contributed by atoms with E-state index in [0.717, 1.165) is 21.5 Å². The van der Waals surface area contributed by atoms with Crippen molar-refractivity contribution >= 4 is 33.4 Å². The number of thiophene rings is 1. The van der Waals surface area contributed by atoms with Crippen molar-refractivity contribution < 1.29 is 19.1 Å². The minimum atomic E-state index is -0.107. The predicted octanol–water partition coefficient (Wildman–Crippen LogP) is 4.76. The van der Waals surface area contributed by atoms with Gasteiger partial charge >= 0.3 is 0 Å². The molecule has 1 aliphatic heterocycles. The average Bonchev–Trinajstić information content (AvgIpc) is 3.50. The normalized spacial score (nSPS) is 15.8. The number of piperazine rings is 1. The summed E-state index contributed by atoms with van der Waals surface area (Å²) in [7, 11) is 3.24. The standard InChI is InChI=1S/C28H29N3O4S/c1-19-17-29(11-12-30(19)26(32)21-7-5-9-24(15-21)35-3)27(33)25-16-22-10-13-36-28(22)31(25)18-20-6-4-8-23(14-20)34-2/h4-10,13-16,19H,11-12,17-18H2,1-3H3/t19-/m0/s1. The highest BCUT2D eigenvalue weighted by Gasteiger charge is 2.32. The van der Waals surface area contributed by atoms with Crippen molar-refractivity contribution in [3.63, 3.8) is 0 Å². The monoisotopic (exact) mass is 503 g/mol. The summed E-state index contributed by atoms with van der Waals surface area (Å²) in [6.07, 6.45) is 0. The Bertz CT molecular complexity index is 1410. The zero-order chi connectivity index (χ0) is 25.2. The predicted molar refractivity (Wildman–Crippen MR) is 141 cm³/mol. The smallest absolute Gasteiger partial charge is 0.270 e. The van der Waals surface area contributed by atoms with Crippen LogP contribution in [0.5, 0.6) is 11.5 Å². The van der Waals surface area contributed by atoms with Crippen LogP contribution in [0.15, 0.2) is 66.0 Å². The van der Waals surface area contributed by atoms with Gasteiger partial charge in [0.25, 0.3) is 11.8 Å². The molecular formula is C28H29N3O4S. The third kappa shape index (κ3) is 4.56. The first-order valence-corrected chi connectivity index (χ1v) is 12.8. The van der Waals surface area contributed by atoms with Crippen molar-refractivity contribution in [3.05, 3.63) is 82.9 Å². The molecule has 2 aromatic carbocycles. The van der Waals surface area contributed by atoms with Gasteiger partial charge in [0.05, 0.1) is 14.2 Å². The lowest BCUT2D eigenvalue weighted by Crippen LogP contribution is -2.55. The number of methoxy groups -OCH3 is 2. The van der Waals surface area contributed by atoms with Gasteiger partial charge in [0.1, 0.15) is 22.0 Å². The molecular weight excluding hydrogens is 474 g/mol. The van der Waals surface area contributed by atoms with Gasteiger partial charge in [-0.1, -0.05) is 18.2 Å². The molecule has 0 bridgehead atoms. The van der Waals surface area contributed by atoms with E-state index in [2.05, 4.69) is 4.57 Å². The first-order valence-electron chi connectivity index (χ1n) is 11.9. The lowest BCUT2D eigenvalue weighted by molar-refractivity contribution is 0.0409. The van der Waals surface area contributed by atoms with Crippen molar-refractivity contribution in [1.29, 1.82) is 0 Å². The quantitative estimate of drug-likeness (QED) is 0.381. The van der Waals surface area contributed by atoms with Crippen LogP contribution >= 0.6 is 11.3 Å². The molecule has 8 heteroatoms. The van der Waals surface area contributed by atoms with E-state index in [4.69, 9.17) is 9.47 Å². The van der Waals surface area contributed by atoms with Crippen molar-refractivity contribution in [3.8, 4) is 11.5 Å². The molecule has 3 heterocycles. The van der Waals surface area contributed by atoms with Gasteiger partial charge in [-0.3, -0.25) is 9.59 Å². The van der Waals surface area contributed by atoms with Gasteiger partial charge in [-0.05, 0) is 60.3 Å². The summed E-state index contributed by atoms with van der Waals surface area (Å²) in [5, 5.41) is 3.11. The minimum absolute atomic E-state index is 0.0124. The second kappa shape index (κ2) is 10.1. The number of nitrogens with zero attached hydrogens (tertiary/aromatic N) is 3. The summed E-state index contributed by atoms with van der Waals surface area (Å²) in [5.74, 6) is 1.39. The summed E-state index contributed by atoms with van der Waals surface area (Å²) in [6, 6.07) is 19.0. The third-order valence-corrected chi connectivity index (χ3v) is 7.64.